The molecule has 2 aromatic rings. The second-order valence-corrected chi connectivity index (χ2v) is 4.90. The van der Waals surface area contributed by atoms with Gasteiger partial charge in [-0.15, -0.1) is 11.3 Å². The summed E-state index contributed by atoms with van der Waals surface area (Å²) in [4.78, 5) is 12.2. The quantitative estimate of drug-likeness (QED) is 0.797. The highest BCUT2D eigenvalue weighted by Crippen LogP contribution is 2.37. The van der Waals surface area contributed by atoms with E-state index in [-0.39, 0.29) is 19.1 Å². The highest BCUT2D eigenvalue weighted by molar-refractivity contribution is 7.21. The summed E-state index contributed by atoms with van der Waals surface area (Å²) in [5.41, 5.74) is 6.31. The highest BCUT2D eigenvalue weighted by Gasteiger charge is 2.17. The summed E-state index contributed by atoms with van der Waals surface area (Å²) in [6.45, 7) is 0.109. The first-order valence-corrected chi connectivity index (χ1v) is 6.20. The minimum Gasteiger partial charge on any atom is -0.397 e. The number of nitrogens with two attached hydrogens (primary N) is 1. The number of aliphatic hydroxyl groups excluding tert-OH is 1. The summed E-state index contributed by atoms with van der Waals surface area (Å²) < 4.78 is 0.879. The van der Waals surface area contributed by atoms with Crippen molar-refractivity contribution in [2.45, 2.75) is 0 Å². The van der Waals surface area contributed by atoms with Gasteiger partial charge in [0.25, 0.3) is 5.91 Å². The van der Waals surface area contributed by atoms with Gasteiger partial charge in [0.1, 0.15) is 4.88 Å². The second kappa shape index (κ2) is 4.91. The van der Waals surface area contributed by atoms with E-state index in [1.165, 1.54) is 11.3 Å². The van der Waals surface area contributed by atoms with Gasteiger partial charge >= 0.3 is 0 Å². The molecule has 0 fully saturated rings. The molecule has 0 spiro atoms. The molecule has 0 saturated heterocycles. The molecule has 0 atom stereocenters. The van der Waals surface area contributed by atoms with E-state index < -0.39 is 0 Å². The van der Waals surface area contributed by atoms with Crippen LogP contribution in [0, 0.1) is 0 Å². The first kappa shape index (κ1) is 12.2. The monoisotopic (exact) mass is 270 g/mol. The summed E-state index contributed by atoms with van der Waals surface area (Å²) in [5.74, 6) is -0.284. The van der Waals surface area contributed by atoms with Gasteiger partial charge in [0.15, 0.2) is 0 Å². The number of hydrogen-bond acceptors (Lipinski definition) is 4. The van der Waals surface area contributed by atoms with Crippen LogP contribution in [0.1, 0.15) is 9.67 Å². The van der Waals surface area contributed by atoms with Crippen molar-refractivity contribution in [2.75, 3.05) is 18.9 Å². The van der Waals surface area contributed by atoms with E-state index in [0.29, 0.717) is 21.0 Å². The molecule has 2 rings (SSSR count). The third-order valence-electron chi connectivity index (χ3n) is 2.30. The van der Waals surface area contributed by atoms with Crippen LogP contribution in [0.2, 0.25) is 5.02 Å². The molecule has 1 aromatic carbocycles. The number of thiophene rings is 1. The maximum atomic E-state index is 11.8. The summed E-state index contributed by atoms with van der Waals surface area (Å²) in [7, 11) is 0. The first-order valence-electron chi connectivity index (χ1n) is 5.00. The number of nitrogen functional groups attached to an aromatic ring is 1. The van der Waals surface area contributed by atoms with E-state index in [9.17, 15) is 4.79 Å². The number of carbonyl (C=O) groups excluding carboxylic acids is 1. The Morgan fingerprint density at radius 3 is 2.94 bits per heavy atom. The lowest BCUT2D eigenvalue weighted by Gasteiger charge is -2.01. The van der Waals surface area contributed by atoms with Crippen molar-refractivity contribution >= 4 is 44.6 Å². The molecular formula is C11H11ClN2O2S. The molecule has 0 aliphatic carbocycles. The largest absolute Gasteiger partial charge is 0.397 e. The zero-order valence-corrected chi connectivity index (χ0v) is 10.4. The van der Waals surface area contributed by atoms with Crippen molar-refractivity contribution < 1.29 is 9.90 Å². The number of amides is 1. The van der Waals surface area contributed by atoms with Gasteiger partial charge in [-0.25, -0.2) is 0 Å². The van der Waals surface area contributed by atoms with Crippen LogP contribution < -0.4 is 11.1 Å². The molecule has 0 bridgehead atoms. The lowest BCUT2D eigenvalue weighted by Crippen LogP contribution is -2.26. The average molecular weight is 271 g/mol. The van der Waals surface area contributed by atoms with Crippen LogP contribution in [-0.4, -0.2) is 24.2 Å². The fourth-order valence-electron chi connectivity index (χ4n) is 1.55. The zero-order chi connectivity index (χ0) is 12.4. The Morgan fingerprint density at radius 2 is 2.29 bits per heavy atom. The van der Waals surface area contributed by atoms with Crippen LogP contribution in [0.15, 0.2) is 18.2 Å². The second-order valence-electron chi connectivity index (χ2n) is 3.44. The van der Waals surface area contributed by atoms with Crippen molar-refractivity contribution in [2.24, 2.45) is 0 Å². The fraction of sp³-hybridized carbons (Fsp3) is 0.182. The van der Waals surface area contributed by atoms with E-state index in [0.717, 1.165) is 4.70 Å². The minimum absolute atomic E-state index is 0.0999. The van der Waals surface area contributed by atoms with Crippen molar-refractivity contribution in [3.05, 3.63) is 28.1 Å². The number of halogens is 1. The Balaban J connectivity index is 2.46. The maximum Gasteiger partial charge on any atom is 0.263 e. The summed E-state index contributed by atoms with van der Waals surface area (Å²) in [5, 5.41) is 12.5. The molecule has 90 valence electrons. The topological polar surface area (TPSA) is 75.4 Å². The van der Waals surface area contributed by atoms with E-state index in [2.05, 4.69) is 5.32 Å². The van der Waals surface area contributed by atoms with Gasteiger partial charge in [0, 0.05) is 16.6 Å². The Kier molecular flexibility index (Phi) is 3.51. The normalized spacial score (nSPS) is 10.7. The number of benzene rings is 1. The SMILES string of the molecule is Nc1c(C(=O)NCCO)sc2cccc(Cl)c12. The Morgan fingerprint density at radius 1 is 1.53 bits per heavy atom. The van der Waals surface area contributed by atoms with Gasteiger partial charge < -0.3 is 16.2 Å². The van der Waals surface area contributed by atoms with Gasteiger partial charge in [-0.2, -0.15) is 0 Å². The Labute approximate surface area is 107 Å². The number of rotatable bonds is 3. The third kappa shape index (κ3) is 2.22. The molecule has 4 N–H and O–H groups in total. The molecule has 0 saturated carbocycles. The number of fused-ring (bicyclic) bond motifs is 1. The van der Waals surface area contributed by atoms with Crippen molar-refractivity contribution in [3.63, 3.8) is 0 Å². The molecular weight excluding hydrogens is 260 g/mol. The van der Waals surface area contributed by atoms with Crippen molar-refractivity contribution in [3.8, 4) is 0 Å². The maximum absolute atomic E-state index is 11.8. The number of anilines is 1. The van der Waals surface area contributed by atoms with E-state index in [1.807, 2.05) is 12.1 Å². The van der Waals surface area contributed by atoms with Crippen molar-refractivity contribution in [1.29, 1.82) is 0 Å². The molecule has 6 heteroatoms. The van der Waals surface area contributed by atoms with Gasteiger partial charge in [0.2, 0.25) is 0 Å². The smallest absolute Gasteiger partial charge is 0.263 e. The molecule has 0 aliphatic rings. The summed E-state index contributed by atoms with van der Waals surface area (Å²) >= 11 is 7.33. The third-order valence-corrected chi connectivity index (χ3v) is 3.79. The van der Waals surface area contributed by atoms with Gasteiger partial charge in [0.05, 0.1) is 17.3 Å². The van der Waals surface area contributed by atoms with Crippen LogP contribution in [0.4, 0.5) is 5.69 Å². The van der Waals surface area contributed by atoms with Gasteiger partial charge in [-0.3, -0.25) is 4.79 Å². The molecule has 1 heterocycles. The molecule has 4 nitrogen and oxygen atoms in total. The first-order chi connectivity index (χ1) is 8.15. The predicted molar refractivity (Wildman–Crippen MR) is 70.7 cm³/mol. The van der Waals surface area contributed by atoms with E-state index >= 15 is 0 Å². The lowest BCUT2D eigenvalue weighted by atomic mass is 10.2. The van der Waals surface area contributed by atoms with E-state index in [4.69, 9.17) is 22.4 Å². The van der Waals surface area contributed by atoms with Gasteiger partial charge in [-0.05, 0) is 12.1 Å². The fourth-order valence-corrected chi connectivity index (χ4v) is 2.95. The zero-order valence-electron chi connectivity index (χ0n) is 8.87. The molecule has 1 aromatic heterocycles. The molecule has 0 unspecified atom stereocenters. The Hall–Kier alpha value is -1.30. The standard InChI is InChI=1S/C11H11ClN2O2S/c12-6-2-1-3-7-8(6)9(13)10(17-7)11(16)14-4-5-15/h1-3,15H,4-5,13H2,(H,14,16). The molecule has 0 radical (unpaired) electrons. The highest BCUT2D eigenvalue weighted by atomic mass is 35.5. The van der Waals surface area contributed by atoms with Crippen LogP contribution in [0.3, 0.4) is 0 Å². The molecule has 17 heavy (non-hydrogen) atoms. The number of nitrogens with one attached hydrogen (secondary N) is 1. The minimum atomic E-state index is -0.284. The van der Waals surface area contributed by atoms with Gasteiger partial charge in [-0.1, -0.05) is 17.7 Å². The lowest BCUT2D eigenvalue weighted by molar-refractivity contribution is 0.0949. The van der Waals surface area contributed by atoms with Crippen LogP contribution in [0.25, 0.3) is 10.1 Å². The van der Waals surface area contributed by atoms with Crippen LogP contribution in [-0.2, 0) is 0 Å². The number of hydrogen-bond donors (Lipinski definition) is 3. The average Bonchev–Trinajstić information content (AvgIpc) is 2.65. The van der Waals surface area contributed by atoms with Crippen molar-refractivity contribution in [1.82, 2.24) is 5.32 Å². The summed E-state index contributed by atoms with van der Waals surface area (Å²) in [6, 6.07) is 5.42. The van der Waals surface area contributed by atoms with Crippen LogP contribution in [0.5, 0.6) is 0 Å². The number of aliphatic hydroxyl groups is 1. The van der Waals surface area contributed by atoms with E-state index in [1.54, 1.807) is 6.07 Å². The number of carbonyl (C=O) groups is 1. The Bertz CT molecular complexity index is 568. The predicted octanol–water partition coefficient (Wildman–Crippen LogP) is 1.86. The van der Waals surface area contributed by atoms with Crippen LogP contribution >= 0.6 is 22.9 Å². The molecule has 1 amide bonds. The molecule has 0 aliphatic heterocycles. The summed E-state index contributed by atoms with van der Waals surface area (Å²) in [6.07, 6.45) is 0.